The number of hydrogen-bond donors (Lipinski definition) is 0. The van der Waals surface area contributed by atoms with Crippen LogP contribution in [-0.2, 0) is 9.53 Å². The van der Waals surface area contributed by atoms with Crippen molar-refractivity contribution < 1.29 is 14.3 Å². The highest BCUT2D eigenvalue weighted by Gasteiger charge is 2.33. The molecule has 1 saturated heterocycles. The third-order valence-electron chi connectivity index (χ3n) is 3.61. The van der Waals surface area contributed by atoms with E-state index in [1.807, 2.05) is 35.2 Å². The molecule has 0 N–H and O–H groups in total. The lowest BCUT2D eigenvalue weighted by Crippen LogP contribution is -2.39. The molecular weight excluding hydrogens is 318 g/mol. The summed E-state index contributed by atoms with van der Waals surface area (Å²) in [6, 6.07) is 8.97. The molecule has 0 radical (unpaired) electrons. The maximum absolute atomic E-state index is 12.0. The molecule has 0 saturated carbocycles. The van der Waals surface area contributed by atoms with E-state index < -0.39 is 0 Å². The molecule has 2 rings (SSSR count). The Hall–Kier alpha value is -1.40. The average molecular weight is 337 g/mol. The van der Waals surface area contributed by atoms with Gasteiger partial charge in [-0.05, 0) is 12.8 Å². The number of hydrogen-bond acceptors (Lipinski definition) is 5. The van der Waals surface area contributed by atoms with Gasteiger partial charge in [-0.3, -0.25) is 4.79 Å². The lowest BCUT2D eigenvalue weighted by atomic mass is 10.1. The third-order valence-corrected chi connectivity index (χ3v) is 5.09. The van der Waals surface area contributed by atoms with Gasteiger partial charge in [0, 0.05) is 24.3 Å². The van der Waals surface area contributed by atoms with Crippen molar-refractivity contribution >= 4 is 40.1 Å². The van der Waals surface area contributed by atoms with Crippen LogP contribution in [0.25, 0.3) is 0 Å². The number of ether oxygens (including phenoxy) is 1. The maximum atomic E-state index is 12.0. The zero-order valence-electron chi connectivity index (χ0n) is 12.5. The number of ketones is 1. The van der Waals surface area contributed by atoms with Crippen molar-refractivity contribution in [1.29, 1.82) is 0 Å². The summed E-state index contributed by atoms with van der Waals surface area (Å²) >= 11 is 6.85. The van der Waals surface area contributed by atoms with Gasteiger partial charge in [0.25, 0.3) is 0 Å². The average Bonchev–Trinajstić information content (AvgIpc) is 3.04. The van der Waals surface area contributed by atoms with Crippen molar-refractivity contribution in [2.45, 2.75) is 25.3 Å². The predicted molar refractivity (Wildman–Crippen MR) is 92.2 cm³/mol. The molecule has 22 heavy (non-hydrogen) atoms. The fourth-order valence-electron chi connectivity index (χ4n) is 2.45. The summed E-state index contributed by atoms with van der Waals surface area (Å²) in [5.41, 5.74) is 0.725. The van der Waals surface area contributed by atoms with Crippen LogP contribution < -0.4 is 0 Å². The minimum Gasteiger partial charge on any atom is -0.467 e. The zero-order valence-corrected chi connectivity index (χ0v) is 14.1. The fourth-order valence-corrected chi connectivity index (χ4v) is 3.76. The molecule has 0 spiro atoms. The van der Waals surface area contributed by atoms with E-state index >= 15 is 0 Å². The summed E-state index contributed by atoms with van der Waals surface area (Å²) in [5, 5.41) is 0. The second-order valence-corrected chi connectivity index (χ2v) is 6.76. The van der Waals surface area contributed by atoms with Gasteiger partial charge in [-0.1, -0.05) is 54.3 Å². The first kappa shape index (κ1) is 17.0. The largest absolute Gasteiger partial charge is 0.467 e. The number of benzene rings is 1. The highest BCUT2D eigenvalue weighted by Crippen LogP contribution is 2.24. The van der Waals surface area contributed by atoms with Crippen LogP contribution in [-0.4, -0.2) is 46.4 Å². The van der Waals surface area contributed by atoms with Gasteiger partial charge in [-0.2, -0.15) is 0 Å². The molecule has 0 amide bonds. The number of carbonyl (C=O) groups excluding carboxylic acids is 2. The number of thiocarbonyl (C=S) groups is 1. The summed E-state index contributed by atoms with van der Waals surface area (Å²) in [6.45, 7) is 0.776. The van der Waals surface area contributed by atoms with E-state index in [1.165, 1.54) is 18.9 Å². The molecule has 0 aromatic heterocycles. The molecule has 1 aromatic carbocycles. The lowest BCUT2D eigenvalue weighted by Gasteiger charge is -2.24. The van der Waals surface area contributed by atoms with Crippen LogP contribution in [0, 0.1) is 0 Å². The quantitative estimate of drug-likeness (QED) is 0.468. The molecule has 6 heteroatoms. The summed E-state index contributed by atoms with van der Waals surface area (Å²) in [4.78, 5) is 25.6. The van der Waals surface area contributed by atoms with Crippen molar-refractivity contribution in [3.05, 3.63) is 35.9 Å². The van der Waals surface area contributed by atoms with Crippen molar-refractivity contribution in [3.63, 3.8) is 0 Å². The lowest BCUT2D eigenvalue weighted by molar-refractivity contribution is -0.144. The van der Waals surface area contributed by atoms with Gasteiger partial charge in [-0.15, -0.1) is 0 Å². The molecule has 1 aromatic rings. The molecule has 118 valence electrons. The van der Waals surface area contributed by atoms with Crippen LogP contribution >= 0.6 is 24.0 Å². The SMILES string of the molecule is COC(=O)C1CCCN1C(=S)SCCC(=O)c1ccccc1. The summed E-state index contributed by atoms with van der Waals surface area (Å²) in [7, 11) is 1.40. The second kappa shape index (κ2) is 8.29. The van der Waals surface area contributed by atoms with E-state index in [-0.39, 0.29) is 17.8 Å². The first-order valence-electron chi connectivity index (χ1n) is 7.23. The molecule has 0 aliphatic carbocycles. The Labute approximate surface area is 140 Å². The van der Waals surface area contributed by atoms with Crippen LogP contribution in [0.5, 0.6) is 0 Å². The maximum Gasteiger partial charge on any atom is 0.328 e. The molecule has 1 fully saturated rings. The number of methoxy groups -OCH3 is 1. The minimum absolute atomic E-state index is 0.113. The van der Waals surface area contributed by atoms with Gasteiger partial charge in [0.05, 0.1) is 7.11 Å². The Morgan fingerprint density at radius 2 is 2.09 bits per heavy atom. The molecule has 1 aliphatic heterocycles. The molecule has 1 heterocycles. The number of carbonyl (C=O) groups is 2. The van der Waals surface area contributed by atoms with Crippen LogP contribution in [0.15, 0.2) is 30.3 Å². The summed E-state index contributed by atoms with van der Waals surface area (Å²) < 4.78 is 5.49. The van der Waals surface area contributed by atoms with Crippen molar-refractivity contribution in [3.8, 4) is 0 Å². The first-order valence-corrected chi connectivity index (χ1v) is 8.62. The van der Waals surface area contributed by atoms with Gasteiger partial charge in [0.2, 0.25) is 0 Å². The van der Waals surface area contributed by atoms with Gasteiger partial charge >= 0.3 is 5.97 Å². The van der Waals surface area contributed by atoms with E-state index in [9.17, 15) is 9.59 Å². The highest BCUT2D eigenvalue weighted by molar-refractivity contribution is 8.22. The van der Waals surface area contributed by atoms with E-state index in [4.69, 9.17) is 17.0 Å². The molecular formula is C16H19NO3S2. The topological polar surface area (TPSA) is 46.6 Å². The molecule has 4 nitrogen and oxygen atoms in total. The van der Waals surface area contributed by atoms with Crippen LogP contribution in [0.2, 0.25) is 0 Å². The number of Topliss-reactive ketones (excluding diaryl/α,β-unsaturated/α-hetero) is 1. The highest BCUT2D eigenvalue weighted by atomic mass is 32.2. The Morgan fingerprint density at radius 1 is 1.36 bits per heavy atom. The smallest absolute Gasteiger partial charge is 0.328 e. The fraction of sp³-hybridized carbons (Fsp3) is 0.438. The molecule has 0 bridgehead atoms. The molecule has 1 aliphatic rings. The Balaban J connectivity index is 1.80. The Kier molecular flexibility index (Phi) is 6.39. The molecule has 1 unspecified atom stereocenters. The monoisotopic (exact) mass is 337 g/mol. The number of thioether (sulfide) groups is 1. The van der Waals surface area contributed by atoms with E-state index in [0.717, 1.165) is 24.9 Å². The third kappa shape index (κ3) is 4.30. The number of rotatable bonds is 5. The normalized spacial score (nSPS) is 17.3. The summed E-state index contributed by atoms with van der Waals surface area (Å²) in [6.07, 6.45) is 2.14. The van der Waals surface area contributed by atoms with E-state index in [2.05, 4.69) is 0 Å². The van der Waals surface area contributed by atoms with Crippen molar-refractivity contribution in [2.24, 2.45) is 0 Å². The van der Waals surface area contributed by atoms with Gasteiger partial charge in [0.1, 0.15) is 10.4 Å². The van der Waals surface area contributed by atoms with Crippen LogP contribution in [0.4, 0.5) is 0 Å². The Bertz CT molecular complexity index is 548. The number of nitrogens with zero attached hydrogens (tertiary/aromatic N) is 1. The van der Waals surface area contributed by atoms with E-state index in [0.29, 0.717) is 16.5 Å². The van der Waals surface area contributed by atoms with Crippen LogP contribution in [0.1, 0.15) is 29.6 Å². The van der Waals surface area contributed by atoms with E-state index in [1.54, 1.807) is 0 Å². The van der Waals surface area contributed by atoms with Gasteiger partial charge in [-0.25, -0.2) is 4.79 Å². The number of esters is 1. The Morgan fingerprint density at radius 3 is 2.77 bits per heavy atom. The second-order valence-electron chi connectivity index (χ2n) is 5.03. The standard InChI is InChI=1S/C16H19NO3S2/c1-20-15(19)13-8-5-10-17(13)16(21)22-11-9-14(18)12-6-3-2-4-7-12/h2-4,6-7,13H,5,8-11H2,1H3. The van der Waals surface area contributed by atoms with Gasteiger partial charge < -0.3 is 9.64 Å². The van der Waals surface area contributed by atoms with Gasteiger partial charge in [0.15, 0.2) is 5.78 Å². The van der Waals surface area contributed by atoms with Crippen molar-refractivity contribution in [2.75, 3.05) is 19.4 Å². The first-order chi connectivity index (χ1) is 10.6. The summed E-state index contributed by atoms with van der Waals surface area (Å²) in [5.74, 6) is 0.499. The minimum atomic E-state index is -0.269. The number of likely N-dealkylation sites (tertiary alicyclic amines) is 1. The zero-order chi connectivity index (χ0) is 15.9. The molecule has 1 atom stereocenters. The van der Waals surface area contributed by atoms with Crippen molar-refractivity contribution in [1.82, 2.24) is 4.90 Å². The predicted octanol–water partition coefficient (Wildman–Crippen LogP) is 2.91. The van der Waals surface area contributed by atoms with Crippen LogP contribution in [0.3, 0.4) is 0 Å².